The number of aromatic nitrogens is 4. The van der Waals surface area contributed by atoms with Crippen molar-refractivity contribution in [2.45, 2.75) is 13.3 Å². The quantitative estimate of drug-likeness (QED) is 0.754. The third-order valence-corrected chi connectivity index (χ3v) is 3.68. The zero-order valence-electron chi connectivity index (χ0n) is 11.7. The van der Waals surface area contributed by atoms with Gasteiger partial charge in [-0.2, -0.15) is 5.10 Å². The lowest BCUT2D eigenvalue weighted by Gasteiger charge is -2.09. The molecule has 0 bridgehead atoms. The molecular formula is C14H16N4OS. The first-order chi connectivity index (χ1) is 9.67. The van der Waals surface area contributed by atoms with E-state index in [0.29, 0.717) is 4.77 Å². The van der Waals surface area contributed by atoms with Crippen molar-refractivity contribution in [3.8, 4) is 11.4 Å². The zero-order valence-corrected chi connectivity index (χ0v) is 12.5. The number of fused-ring (bicyclic) bond motifs is 1. The van der Waals surface area contributed by atoms with Gasteiger partial charge in [0, 0.05) is 7.05 Å². The zero-order chi connectivity index (χ0) is 14.3. The lowest BCUT2D eigenvalue weighted by molar-refractivity contribution is 0.413. The lowest BCUT2D eigenvalue weighted by atomic mass is 10.3. The number of ether oxygens (including phenoxy) is 1. The van der Waals surface area contributed by atoms with Crippen LogP contribution in [0.1, 0.15) is 12.6 Å². The number of rotatable bonds is 3. The maximum Gasteiger partial charge on any atom is 0.184 e. The number of hydrogen-bond acceptors (Lipinski definition) is 3. The Morgan fingerprint density at radius 1 is 1.35 bits per heavy atom. The molecule has 0 aliphatic rings. The maximum atomic E-state index is 5.47. The van der Waals surface area contributed by atoms with E-state index in [0.717, 1.165) is 34.7 Å². The Morgan fingerprint density at radius 3 is 2.80 bits per heavy atom. The fourth-order valence-corrected chi connectivity index (χ4v) is 2.79. The third-order valence-electron chi connectivity index (χ3n) is 3.40. The predicted octanol–water partition coefficient (Wildman–Crippen LogP) is 2.99. The van der Waals surface area contributed by atoms with Gasteiger partial charge in [0.2, 0.25) is 0 Å². The van der Waals surface area contributed by atoms with Crippen LogP contribution in [0.2, 0.25) is 0 Å². The highest BCUT2D eigenvalue weighted by molar-refractivity contribution is 7.71. The summed E-state index contributed by atoms with van der Waals surface area (Å²) in [6.45, 7) is 2.08. The molecule has 5 nitrogen and oxygen atoms in total. The molecule has 0 radical (unpaired) electrons. The number of aromatic amines is 1. The van der Waals surface area contributed by atoms with Crippen LogP contribution in [-0.4, -0.2) is 26.4 Å². The van der Waals surface area contributed by atoms with Gasteiger partial charge in [-0.25, -0.2) is 4.68 Å². The molecule has 0 atom stereocenters. The molecule has 2 heterocycles. The van der Waals surface area contributed by atoms with E-state index in [2.05, 4.69) is 17.0 Å². The smallest absolute Gasteiger partial charge is 0.184 e. The maximum absolute atomic E-state index is 5.47. The van der Waals surface area contributed by atoms with E-state index in [1.807, 2.05) is 40.6 Å². The molecule has 0 aliphatic carbocycles. The van der Waals surface area contributed by atoms with Gasteiger partial charge in [-0.1, -0.05) is 19.1 Å². The Kier molecular flexibility index (Phi) is 3.10. The van der Waals surface area contributed by atoms with Gasteiger partial charge in [-0.3, -0.25) is 4.57 Å². The highest BCUT2D eigenvalue weighted by atomic mass is 32.1. The van der Waals surface area contributed by atoms with Crippen LogP contribution in [0.25, 0.3) is 16.9 Å². The van der Waals surface area contributed by atoms with Crippen LogP contribution in [0, 0.1) is 4.77 Å². The van der Waals surface area contributed by atoms with E-state index in [-0.39, 0.29) is 0 Å². The lowest BCUT2D eigenvalue weighted by Crippen LogP contribution is -2.02. The topological polar surface area (TPSA) is 47.8 Å². The highest BCUT2D eigenvalue weighted by Crippen LogP contribution is 2.28. The summed E-state index contributed by atoms with van der Waals surface area (Å²) in [5, 5.41) is 4.53. The number of H-pyrrole nitrogens is 1. The highest BCUT2D eigenvalue weighted by Gasteiger charge is 2.17. The minimum Gasteiger partial charge on any atom is -0.495 e. The standard InChI is InChI=1S/C14H16N4OS/c1-4-9-12-13(17(2)16-9)18(14(20)15-12)10-7-5-6-8-11(10)19-3/h5-8H,4H2,1-3H3,(H,15,20). The molecule has 104 valence electrons. The number of nitrogens with zero attached hydrogens (tertiary/aromatic N) is 3. The molecule has 0 spiro atoms. The molecule has 6 heteroatoms. The molecule has 0 aliphatic heterocycles. The Labute approximate surface area is 121 Å². The fraction of sp³-hybridized carbons (Fsp3) is 0.286. The van der Waals surface area contributed by atoms with Crippen LogP contribution in [-0.2, 0) is 13.5 Å². The first kappa shape index (κ1) is 12.9. The number of methoxy groups -OCH3 is 1. The van der Waals surface area contributed by atoms with Gasteiger partial charge in [0.05, 0.1) is 18.5 Å². The van der Waals surface area contributed by atoms with Gasteiger partial charge in [0.1, 0.15) is 11.3 Å². The van der Waals surface area contributed by atoms with E-state index in [9.17, 15) is 0 Å². The molecule has 0 saturated carbocycles. The molecule has 3 aromatic rings. The van der Waals surface area contributed by atoms with E-state index in [4.69, 9.17) is 17.0 Å². The first-order valence-electron chi connectivity index (χ1n) is 6.47. The average molecular weight is 288 g/mol. The second-order valence-corrected chi connectivity index (χ2v) is 4.95. The van der Waals surface area contributed by atoms with Crippen LogP contribution < -0.4 is 4.74 Å². The number of benzene rings is 1. The molecule has 0 amide bonds. The Balaban J connectivity index is 2.39. The largest absolute Gasteiger partial charge is 0.495 e. The summed E-state index contributed by atoms with van der Waals surface area (Å²) in [5.41, 5.74) is 3.88. The summed E-state index contributed by atoms with van der Waals surface area (Å²) in [7, 11) is 3.59. The van der Waals surface area contributed by atoms with Crippen molar-refractivity contribution in [2.24, 2.45) is 7.05 Å². The average Bonchev–Trinajstić information content (AvgIpc) is 2.95. The van der Waals surface area contributed by atoms with Gasteiger partial charge in [-0.05, 0) is 30.8 Å². The third kappa shape index (κ3) is 1.76. The van der Waals surface area contributed by atoms with Crippen molar-refractivity contribution < 1.29 is 4.74 Å². The minimum atomic E-state index is 0.646. The number of aryl methyl sites for hydroxylation is 2. The van der Waals surface area contributed by atoms with Gasteiger partial charge in [0.15, 0.2) is 10.4 Å². The van der Waals surface area contributed by atoms with Crippen molar-refractivity contribution in [3.05, 3.63) is 34.7 Å². The van der Waals surface area contributed by atoms with E-state index in [1.165, 1.54) is 0 Å². The van der Waals surface area contributed by atoms with Crippen molar-refractivity contribution >= 4 is 23.4 Å². The number of para-hydroxylation sites is 2. The second-order valence-electron chi connectivity index (χ2n) is 4.56. The van der Waals surface area contributed by atoms with Crippen molar-refractivity contribution in [1.29, 1.82) is 0 Å². The Hall–Kier alpha value is -2.08. The normalized spacial score (nSPS) is 11.2. The van der Waals surface area contributed by atoms with E-state index in [1.54, 1.807) is 7.11 Å². The molecule has 0 saturated heterocycles. The van der Waals surface area contributed by atoms with Crippen LogP contribution >= 0.6 is 12.2 Å². The van der Waals surface area contributed by atoms with E-state index < -0.39 is 0 Å². The number of hydrogen-bond donors (Lipinski definition) is 1. The molecule has 1 N–H and O–H groups in total. The van der Waals surface area contributed by atoms with Gasteiger partial charge in [-0.15, -0.1) is 0 Å². The Bertz CT molecular complexity index is 827. The van der Waals surface area contributed by atoms with Crippen molar-refractivity contribution in [2.75, 3.05) is 7.11 Å². The molecule has 1 aromatic carbocycles. The summed E-state index contributed by atoms with van der Waals surface area (Å²) in [4.78, 5) is 3.26. The summed E-state index contributed by atoms with van der Waals surface area (Å²) in [6, 6.07) is 7.82. The number of nitrogens with one attached hydrogen (secondary N) is 1. The van der Waals surface area contributed by atoms with Crippen molar-refractivity contribution in [3.63, 3.8) is 0 Å². The van der Waals surface area contributed by atoms with E-state index >= 15 is 0 Å². The SMILES string of the molecule is CCc1nn(C)c2c1[nH]c(=S)n2-c1ccccc1OC. The summed E-state index contributed by atoms with van der Waals surface area (Å²) >= 11 is 5.47. The van der Waals surface area contributed by atoms with Crippen LogP contribution in [0.15, 0.2) is 24.3 Å². The molecular weight excluding hydrogens is 272 g/mol. The fourth-order valence-electron chi connectivity index (χ4n) is 2.50. The second kappa shape index (κ2) is 4.79. The molecule has 2 aromatic heterocycles. The first-order valence-corrected chi connectivity index (χ1v) is 6.88. The summed E-state index contributed by atoms with van der Waals surface area (Å²) < 4.78 is 9.90. The molecule has 0 unspecified atom stereocenters. The Morgan fingerprint density at radius 2 is 2.10 bits per heavy atom. The molecule has 0 fully saturated rings. The van der Waals surface area contributed by atoms with Crippen LogP contribution in [0.4, 0.5) is 0 Å². The minimum absolute atomic E-state index is 0.646. The van der Waals surface area contributed by atoms with Crippen LogP contribution in [0.5, 0.6) is 5.75 Å². The number of imidazole rings is 1. The summed E-state index contributed by atoms with van der Waals surface area (Å²) in [5.74, 6) is 0.781. The van der Waals surface area contributed by atoms with Gasteiger partial charge >= 0.3 is 0 Å². The monoisotopic (exact) mass is 288 g/mol. The molecule has 20 heavy (non-hydrogen) atoms. The molecule has 3 rings (SSSR count). The van der Waals surface area contributed by atoms with Gasteiger partial charge in [0.25, 0.3) is 0 Å². The van der Waals surface area contributed by atoms with Crippen molar-refractivity contribution in [1.82, 2.24) is 19.3 Å². The van der Waals surface area contributed by atoms with Gasteiger partial charge < -0.3 is 9.72 Å². The summed E-state index contributed by atoms with van der Waals surface area (Å²) in [6.07, 6.45) is 0.860. The van der Waals surface area contributed by atoms with Crippen LogP contribution in [0.3, 0.4) is 0 Å². The predicted molar refractivity (Wildman–Crippen MR) is 81.2 cm³/mol.